The Labute approximate surface area is 180 Å². The number of hydrogen-bond donors (Lipinski definition) is 1. The lowest BCUT2D eigenvalue weighted by molar-refractivity contribution is -0.113. The molecule has 0 radical (unpaired) electrons. The molecule has 1 heterocycles. The fraction of sp³-hybridized carbons (Fsp3) is 0.211. The fourth-order valence-electron chi connectivity index (χ4n) is 2.49. The van der Waals surface area contributed by atoms with Crippen molar-refractivity contribution in [3.8, 4) is 28.7 Å². The van der Waals surface area contributed by atoms with Crippen LogP contribution < -0.4 is 19.5 Å². The first-order valence-corrected chi connectivity index (χ1v) is 9.83. The van der Waals surface area contributed by atoms with Gasteiger partial charge in [0.25, 0.3) is 5.22 Å². The summed E-state index contributed by atoms with van der Waals surface area (Å²) < 4.78 is 35.3. The number of methoxy groups -OCH3 is 3. The highest BCUT2D eigenvalue weighted by atomic mass is 35.5. The molecule has 0 saturated heterocycles. The van der Waals surface area contributed by atoms with Gasteiger partial charge in [0.2, 0.25) is 17.5 Å². The number of amides is 1. The summed E-state index contributed by atoms with van der Waals surface area (Å²) in [5, 5.41) is 10.8. The molecular weight excluding hydrogens is 437 g/mol. The predicted molar refractivity (Wildman–Crippen MR) is 110 cm³/mol. The van der Waals surface area contributed by atoms with Gasteiger partial charge in [-0.15, -0.1) is 10.2 Å². The van der Waals surface area contributed by atoms with E-state index in [0.717, 1.165) is 17.8 Å². The predicted octanol–water partition coefficient (Wildman–Crippen LogP) is 4.29. The quantitative estimate of drug-likeness (QED) is 0.505. The lowest BCUT2D eigenvalue weighted by Gasteiger charge is -2.12. The Kier molecular flexibility index (Phi) is 7.01. The van der Waals surface area contributed by atoms with Crippen molar-refractivity contribution < 1.29 is 27.8 Å². The largest absolute Gasteiger partial charge is 0.493 e. The van der Waals surface area contributed by atoms with Crippen molar-refractivity contribution in [2.45, 2.75) is 5.22 Å². The zero-order valence-electron chi connectivity index (χ0n) is 16.2. The van der Waals surface area contributed by atoms with E-state index in [1.165, 1.54) is 33.5 Å². The maximum Gasteiger partial charge on any atom is 0.277 e. The maximum absolute atomic E-state index is 13.8. The summed E-state index contributed by atoms with van der Waals surface area (Å²) in [4.78, 5) is 12.1. The highest BCUT2D eigenvalue weighted by Crippen LogP contribution is 2.41. The lowest BCUT2D eigenvalue weighted by atomic mass is 10.2. The third kappa shape index (κ3) is 4.95. The highest BCUT2D eigenvalue weighted by Gasteiger charge is 2.18. The minimum atomic E-state index is -0.622. The Morgan fingerprint density at radius 1 is 1.13 bits per heavy atom. The van der Waals surface area contributed by atoms with Crippen molar-refractivity contribution in [1.82, 2.24) is 10.2 Å². The number of nitrogens with one attached hydrogen (secondary N) is 1. The SMILES string of the molecule is COc1cc(-c2nnc(SCC(=O)Nc3ccc(Cl)cc3F)o2)cc(OC)c1OC. The fourth-order valence-corrected chi connectivity index (χ4v) is 3.22. The molecule has 1 aromatic heterocycles. The molecule has 0 aliphatic rings. The van der Waals surface area contributed by atoms with Crippen molar-refractivity contribution in [3.63, 3.8) is 0 Å². The number of halogens is 2. The summed E-state index contributed by atoms with van der Waals surface area (Å²) in [5.41, 5.74) is 0.588. The van der Waals surface area contributed by atoms with Gasteiger partial charge in [0.15, 0.2) is 11.5 Å². The van der Waals surface area contributed by atoms with Gasteiger partial charge in [-0.05, 0) is 30.3 Å². The normalized spacial score (nSPS) is 10.6. The number of aromatic nitrogens is 2. The lowest BCUT2D eigenvalue weighted by Crippen LogP contribution is -2.15. The van der Waals surface area contributed by atoms with Gasteiger partial charge in [0.05, 0.1) is 32.8 Å². The molecule has 3 aromatic rings. The van der Waals surface area contributed by atoms with Crippen molar-refractivity contribution in [2.24, 2.45) is 0 Å². The summed E-state index contributed by atoms with van der Waals surface area (Å²) in [6.07, 6.45) is 0. The van der Waals surface area contributed by atoms with Crippen LogP contribution in [0, 0.1) is 5.82 Å². The Hall–Kier alpha value is -2.98. The van der Waals surface area contributed by atoms with Crippen molar-refractivity contribution >= 4 is 35.0 Å². The van der Waals surface area contributed by atoms with Gasteiger partial charge in [0, 0.05) is 10.6 Å². The van der Waals surface area contributed by atoms with E-state index in [4.69, 9.17) is 30.2 Å². The van der Waals surface area contributed by atoms with Gasteiger partial charge >= 0.3 is 0 Å². The van der Waals surface area contributed by atoms with Crippen molar-refractivity contribution in [3.05, 3.63) is 41.2 Å². The standard InChI is InChI=1S/C19H17ClFN3O5S/c1-26-14-6-10(7-15(27-2)17(14)28-3)18-23-24-19(29-18)30-9-16(25)22-13-5-4-11(20)8-12(13)21/h4-8H,9H2,1-3H3,(H,22,25). The number of thioether (sulfide) groups is 1. The first kappa shape index (κ1) is 21.7. The van der Waals surface area contributed by atoms with Crippen LogP contribution in [-0.2, 0) is 4.79 Å². The molecule has 0 fully saturated rings. The molecule has 0 atom stereocenters. The number of rotatable bonds is 8. The number of hydrogen-bond acceptors (Lipinski definition) is 8. The zero-order chi connectivity index (χ0) is 21.7. The van der Waals surface area contributed by atoms with Crippen LogP contribution in [0.15, 0.2) is 40.0 Å². The number of nitrogens with zero attached hydrogens (tertiary/aromatic N) is 2. The second kappa shape index (κ2) is 9.68. The molecule has 0 unspecified atom stereocenters. The second-order valence-corrected chi connectivity index (χ2v) is 7.11. The number of ether oxygens (including phenoxy) is 3. The molecule has 0 saturated carbocycles. The zero-order valence-corrected chi connectivity index (χ0v) is 17.8. The third-order valence-corrected chi connectivity index (χ3v) is 4.90. The van der Waals surface area contributed by atoms with E-state index in [0.29, 0.717) is 22.8 Å². The Morgan fingerprint density at radius 3 is 2.43 bits per heavy atom. The number of carbonyl (C=O) groups is 1. The number of anilines is 1. The van der Waals surface area contributed by atoms with E-state index in [1.54, 1.807) is 12.1 Å². The van der Waals surface area contributed by atoms with Gasteiger partial charge in [-0.25, -0.2) is 4.39 Å². The summed E-state index contributed by atoms with van der Waals surface area (Å²) >= 11 is 6.71. The molecular formula is C19H17ClFN3O5S. The third-order valence-electron chi connectivity index (χ3n) is 3.85. The molecule has 0 aliphatic heterocycles. The van der Waals surface area contributed by atoms with E-state index >= 15 is 0 Å². The molecule has 1 amide bonds. The summed E-state index contributed by atoms with van der Waals surface area (Å²) in [6.45, 7) is 0. The first-order chi connectivity index (χ1) is 14.4. The van der Waals surface area contributed by atoms with Crippen LogP contribution in [0.25, 0.3) is 11.5 Å². The summed E-state index contributed by atoms with van der Waals surface area (Å²) in [6, 6.07) is 7.31. The maximum atomic E-state index is 13.8. The van der Waals surface area contributed by atoms with Crippen molar-refractivity contribution in [1.29, 1.82) is 0 Å². The molecule has 8 nitrogen and oxygen atoms in total. The molecule has 0 spiro atoms. The topological polar surface area (TPSA) is 95.7 Å². The van der Waals surface area contributed by atoms with Gasteiger partial charge < -0.3 is 23.9 Å². The molecule has 0 bridgehead atoms. The molecule has 0 aliphatic carbocycles. The van der Waals surface area contributed by atoms with Crippen LogP contribution in [0.1, 0.15) is 0 Å². The van der Waals surface area contributed by atoms with E-state index in [-0.39, 0.29) is 27.6 Å². The second-order valence-electron chi connectivity index (χ2n) is 5.75. The Morgan fingerprint density at radius 2 is 1.83 bits per heavy atom. The van der Waals surface area contributed by atoms with Crippen molar-refractivity contribution in [2.75, 3.05) is 32.4 Å². The van der Waals surface area contributed by atoms with Gasteiger partial charge in [-0.2, -0.15) is 0 Å². The van der Waals surface area contributed by atoms with E-state index in [9.17, 15) is 9.18 Å². The van der Waals surface area contributed by atoms with Crippen LogP contribution in [0.3, 0.4) is 0 Å². The van der Waals surface area contributed by atoms with E-state index < -0.39 is 11.7 Å². The van der Waals surface area contributed by atoms with Crippen LogP contribution in [0.2, 0.25) is 5.02 Å². The van der Waals surface area contributed by atoms with Crippen LogP contribution in [-0.4, -0.2) is 43.2 Å². The number of benzene rings is 2. The minimum absolute atomic E-state index is 0.0358. The van der Waals surface area contributed by atoms with Gasteiger partial charge in [-0.3, -0.25) is 4.79 Å². The smallest absolute Gasteiger partial charge is 0.277 e. The summed E-state index contributed by atoms with van der Waals surface area (Å²) in [5.74, 6) is 0.396. The minimum Gasteiger partial charge on any atom is -0.493 e. The van der Waals surface area contributed by atoms with Gasteiger partial charge in [-0.1, -0.05) is 23.4 Å². The van der Waals surface area contributed by atoms with E-state index in [2.05, 4.69) is 15.5 Å². The number of carbonyl (C=O) groups excluding carboxylic acids is 1. The molecule has 1 N–H and O–H groups in total. The average Bonchev–Trinajstić information content (AvgIpc) is 3.22. The Balaban J connectivity index is 1.68. The molecule has 11 heteroatoms. The molecule has 3 rings (SSSR count). The highest BCUT2D eigenvalue weighted by molar-refractivity contribution is 7.99. The molecule has 30 heavy (non-hydrogen) atoms. The monoisotopic (exact) mass is 453 g/mol. The van der Waals surface area contributed by atoms with Gasteiger partial charge in [0.1, 0.15) is 5.82 Å². The van der Waals surface area contributed by atoms with Crippen LogP contribution >= 0.6 is 23.4 Å². The average molecular weight is 454 g/mol. The summed E-state index contributed by atoms with van der Waals surface area (Å²) in [7, 11) is 4.50. The van der Waals surface area contributed by atoms with Crippen LogP contribution in [0.5, 0.6) is 17.2 Å². The van der Waals surface area contributed by atoms with Crippen LogP contribution in [0.4, 0.5) is 10.1 Å². The van der Waals surface area contributed by atoms with E-state index in [1.807, 2.05) is 0 Å². The first-order valence-electron chi connectivity index (χ1n) is 8.46. The molecule has 158 valence electrons. The Bertz CT molecular complexity index is 1040. The molecule has 2 aromatic carbocycles.